The quantitative estimate of drug-likeness (QED) is 0.396. The van der Waals surface area contributed by atoms with Crippen LogP contribution in [0.25, 0.3) is 0 Å². The van der Waals surface area contributed by atoms with Crippen LogP contribution >= 0.6 is 0 Å². The molecule has 3 aliphatic heterocycles. The van der Waals surface area contributed by atoms with E-state index in [1.807, 2.05) is 11.8 Å². The predicted molar refractivity (Wildman–Crippen MR) is 86.5 cm³/mol. The van der Waals surface area contributed by atoms with Crippen LogP contribution in [0.3, 0.4) is 0 Å². The zero-order chi connectivity index (χ0) is 16.4. The topological polar surface area (TPSA) is 47.0 Å². The van der Waals surface area contributed by atoms with Crippen LogP contribution in [0, 0.1) is 5.92 Å². The summed E-state index contributed by atoms with van der Waals surface area (Å²) >= 11 is 0.429. The summed E-state index contributed by atoms with van der Waals surface area (Å²) in [5, 5.41) is 10.5. The average Bonchev–Trinajstić information content (AvgIpc) is 3.05. The summed E-state index contributed by atoms with van der Waals surface area (Å²) in [6.45, 7) is 9.77. The van der Waals surface area contributed by atoms with Crippen molar-refractivity contribution < 1.29 is 31.1 Å². The fourth-order valence-electron chi connectivity index (χ4n) is 3.95. The molecule has 6 heteroatoms. The Hall–Kier alpha value is -0.340. The SMILES string of the molecule is C=C(C)N1CC[C@@H](C(=O)N2CCN(C3CC[I-]CC3)C(O)C2)C1. The molecule has 3 aliphatic rings. The van der Waals surface area contributed by atoms with Crippen molar-refractivity contribution in [3.05, 3.63) is 12.3 Å². The van der Waals surface area contributed by atoms with E-state index < -0.39 is 6.23 Å². The normalized spacial score (nSPS) is 31.0. The molecule has 0 spiro atoms. The van der Waals surface area contributed by atoms with Crippen LogP contribution < -0.4 is 21.2 Å². The zero-order valence-electron chi connectivity index (χ0n) is 14.1. The van der Waals surface area contributed by atoms with E-state index in [-0.39, 0.29) is 11.8 Å². The van der Waals surface area contributed by atoms with Crippen molar-refractivity contribution in [2.24, 2.45) is 5.92 Å². The van der Waals surface area contributed by atoms with Crippen molar-refractivity contribution in [1.82, 2.24) is 14.7 Å². The van der Waals surface area contributed by atoms with Gasteiger partial charge in [-0.2, -0.15) is 0 Å². The number of aliphatic hydroxyl groups excluding tert-OH is 1. The van der Waals surface area contributed by atoms with E-state index in [9.17, 15) is 9.90 Å². The van der Waals surface area contributed by atoms with Gasteiger partial charge in [-0.3, -0.25) is 0 Å². The van der Waals surface area contributed by atoms with Crippen LogP contribution in [-0.4, -0.2) is 79.6 Å². The van der Waals surface area contributed by atoms with Gasteiger partial charge >= 0.3 is 136 Å². The van der Waals surface area contributed by atoms with Gasteiger partial charge in [-0.1, -0.05) is 6.58 Å². The molecule has 0 bridgehead atoms. The van der Waals surface area contributed by atoms with Crippen LogP contribution in [0.15, 0.2) is 12.3 Å². The molecule has 0 radical (unpaired) electrons. The van der Waals surface area contributed by atoms with Gasteiger partial charge in [0.2, 0.25) is 0 Å². The van der Waals surface area contributed by atoms with E-state index in [0.717, 1.165) is 38.3 Å². The second-order valence-corrected chi connectivity index (χ2v) is 10.2. The van der Waals surface area contributed by atoms with Gasteiger partial charge in [0.1, 0.15) is 0 Å². The summed E-state index contributed by atoms with van der Waals surface area (Å²) in [5.74, 6) is 0.298. The van der Waals surface area contributed by atoms with Gasteiger partial charge in [0, 0.05) is 0 Å². The maximum absolute atomic E-state index is 12.7. The van der Waals surface area contributed by atoms with Crippen molar-refractivity contribution >= 4 is 5.91 Å². The Morgan fingerprint density at radius 2 is 1.83 bits per heavy atom. The number of alkyl halides is 2. The van der Waals surface area contributed by atoms with Gasteiger partial charge in [-0.15, -0.1) is 0 Å². The Balaban J connectivity index is 1.53. The molecule has 3 rings (SSSR count). The fraction of sp³-hybridized carbons (Fsp3) is 0.824. The second-order valence-electron chi connectivity index (χ2n) is 6.97. The van der Waals surface area contributed by atoms with Crippen molar-refractivity contribution in [2.45, 2.75) is 38.5 Å². The minimum atomic E-state index is -0.479. The molecule has 1 unspecified atom stereocenters. The molecular weight excluding hydrogens is 405 g/mol. The number of allylic oxidation sites excluding steroid dienone is 1. The number of likely N-dealkylation sites (tertiary alicyclic amines) is 1. The standard InChI is InChI=1S/C17H29IN3O2/c1-13(2)19-8-5-14(11-19)17(23)20-9-10-21(16(22)12-20)15-3-6-18-7-4-15/h14-16,22H,1,3-12H2,2H3/q-1/t14-,16?/m1/s1. The van der Waals surface area contributed by atoms with Gasteiger partial charge in [0.25, 0.3) is 0 Å². The second kappa shape index (κ2) is 7.70. The van der Waals surface area contributed by atoms with Crippen molar-refractivity contribution in [3.8, 4) is 0 Å². The predicted octanol–water partition coefficient (Wildman–Crippen LogP) is -2.44. The number of hydrogen-bond donors (Lipinski definition) is 1. The summed E-state index contributed by atoms with van der Waals surface area (Å²) in [4.78, 5) is 19.1. The van der Waals surface area contributed by atoms with Gasteiger partial charge in [-0.05, 0) is 6.92 Å². The molecule has 5 nitrogen and oxygen atoms in total. The molecule has 0 saturated carbocycles. The van der Waals surface area contributed by atoms with Gasteiger partial charge < -0.3 is 0 Å². The molecule has 0 aromatic carbocycles. The Morgan fingerprint density at radius 3 is 2.43 bits per heavy atom. The molecule has 0 aromatic heterocycles. The van der Waals surface area contributed by atoms with Crippen LogP contribution in [0.2, 0.25) is 0 Å². The van der Waals surface area contributed by atoms with E-state index in [4.69, 9.17) is 0 Å². The summed E-state index contributed by atoms with van der Waals surface area (Å²) in [6, 6.07) is 0.543. The number of carbonyl (C=O) groups excluding carboxylic acids is 1. The Kier molecular flexibility index (Phi) is 5.85. The number of nitrogens with zero attached hydrogens (tertiary/aromatic N) is 3. The molecule has 132 valence electrons. The first-order valence-electron chi connectivity index (χ1n) is 8.73. The molecule has 2 atom stereocenters. The van der Waals surface area contributed by atoms with Crippen LogP contribution in [-0.2, 0) is 4.79 Å². The zero-order valence-corrected chi connectivity index (χ0v) is 16.2. The number of piperazine rings is 1. The third-order valence-electron chi connectivity index (χ3n) is 5.40. The minimum absolute atomic E-state index is 0.0740. The van der Waals surface area contributed by atoms with Crippen molar-refractivity contribution in [2.75, 3.05) is 41.6 Å². The molecule has 3 saturated heterocycles. The summed E-state index contributed by atoms with van der Waals surface area (Å²) in [6.07, 6.45) is 2.92. The van der Waals surface area contributed by atoms with E-state index in [2.05, 4.69) is 16.4 Å². The molecule has 3 heterocycles. The molecule has 1 amide bonds. The average molecular weight is 434 g/mol. The molecule has 1 N–H and O–H groups in total. The third kappa shape index (κ3) is 4.02. The number of hydrogen-bond acceptors (Lipinski definition) is 4. The first-order chi connectivity index (χ1) is 11.1. The fourth-order valence-corrected chi connectivity index (χ4v) is 6.81. The number of β-amino-alcohol motifs (C(OH)–C–C–N with tert-alkyl or cyclic N) is 1. The first kappa shape index (κ1) is 17.5. The summed E-state index contributed by atoms with van der Waals surface area (Å²) in [5.41, 5.74) is 1.05. The Labute approximate surface area is 149 Å². The molecule has 23 heavy (non-hydrogen) atoms. The van der Waals surface area contributed by atoms with Gasteiger partial charge in [0.15, 0.2) is 0 Å². The molecule has 0 aromatic rings. The molecule has 0 aliphatic carbocycles. The summed E-state index contributed by atoms with van der Waals surface area (Å²) < 4.78 is 2.77. The van der Waals surface area contributed by atoms with Crippen LogP contribution in [0.4, 0.5) is 0 Å². The van der Waals surface area contributed by atoms with Gasteiger partial charge in [0.05, 0.1) is 0 Å². The molecular formula is C17H29IN3O2-. The first-order valence-corrected chi connectivity index (χ1v) is 11.8. The number of amides is 1. The molecule has 3 fully saturated rings. The Bertz CT molecular complexity index is 453. The van der Waals surface area contributed by atoms with Crippen LogP contribution in [0.1, 0.15) is 26.2 Å². The summed E-state index contributed by atoms with van der Waals surface area (Å²) in [7, 11) is 0. The van der Waals surface area contributed by atoms with E-state index >= 15 is 0 Å². The van der Waals surface area contributed by atoms with Crippen molar-refractivity contribution in [1.29, 1.82) is 0 Å². The maximum atomic E-state index is 12.7. The van der Waals surface area contributed by atoms with Crippen LogP contribution in [0.5, 0.6) is 0 Å². The Morgan fingerprint density at radius 1 is 1.09 bits per heavy atom. The number of carbonyl (C=O) groups is 1. The van der Waals surface area contributed by atoms with Gasteiger partial charge in [-0.25, -0.2) is 0 Å². The number of halogens is 1. The van der Waals surface area contributed by atoms with E-state index in [1.54, 1.807) is 0 Å². The third-order valence-corrected chi connectivity index (χ3v) is 8.18. The number of aliphatic hydroxyl groups is 1. The number of rotatable bonds is 3. The van der Waals surface area contributed by atoms with E-state index in [1.165, 1.54) is 21.7 Å². The monoisotopic (exact) mass is 434 g/mol. The van der Waals surface area contributed by atoms with Crippen molar-refractivity contribution in [3.63, 3.8) is 0 Å². The van der Waals surface area contributed by atoms with E-state index in [0.29, 0.717) is 33.8 Å².